The van der Waals surface area contributed by atoms with Crippen LogP contribution in [0.25, 0.3) is 11.3 Å². The van der Waals surface area contributed by atoms with Gasteiger partial charge < -0.3 is 15.8 Å². The summed E-state index contributed by atoms with van der Waals surface area (Å²) in [6.07, 6.45) is 5.07. The van der Waals surface area contributed by atoms with Gasteiger partial charge in [0.05, 0.1) is 21.3 Å². The average Bonchev–Trinajstić information content (AvgIpc) is 2.62. The third-order valence-corrected chi connectivity index (χ3v) is 4.85. The number of anilines is 1. The number of hydrogen-bond acceptors (Lipinski definition) is 5. The molecule has 25 heavy (non-hydrogen) atoms. The van der Waals surface area contributed by atoms with E-state index in [2.05, 4.69) is 15.3 Å². The Hall–Kier alpha value is -1.89. The summed E-state index contributed by atoms with van der Waals surface area (Å²) in [6.45, 7) is 2.27. The third kappa shape index (κ3) is 4.21. The standard InChI is InChI=1S/C17H18Cl2N4O2/c18-13-9-21-4-1-11(13)16-15(19)12(17(20)24)7-14(23-16)22-8-10-2-5-25-6-3-10/h1,4,7,9-10H,2-3,5-6,8H2,(H2,20,24)(H,22,23). The van der Waals surface area contributed by atoms with Crippen LogP contribution >= 0.6 is 23.2 Å². The predicted molar refractivity (Wildman–Crippen MR) is 98.0 cm³/mol. The fourth-order valence-electron chi connectivity index (χ4n) is 2.74. The van der Waals surface area contributed by atoms with Gasteiger partial charge in [-0.15, -0.1) is 0 Å². The van der Waals surface area contributed by atoms with E-state index in [0.29, 0.717) is 28.0 Å². The van der Waals surface area contributed by atoms with E-state index < -0.39 is 5.91 Å². The molecule has 1 aliphatic rings. The van der Waals surface area contributed by atoms with Gasteiger partial charge in [-0.05, 0) is 30.9 Å². The van der Waals surface area contributed by atoms with Crippen molar-refractivity contribution in [1.82, 2.24) is 9.97 Å². The Morgan fingerprint density at radius 2 is 2.12 bits per heavy atom. The molecular formula is C17H18Cl2N4O2. The second kappa shape index (κ2) is 7.99. The second-order valence-corrected chi connectivity index (χ2v) is 6.66. The van der Waals surface area contributed by atoms with Crippen molar-refractivity contribution in [1.29, 1.82) is 0 Å². The van der Waals surface area contributed by atoms with Crippen molar-refractivity contribution in [3.8, 4) is 11.3 Å². The number of carbonyl (C=O) groups excluding carboxylic acids is 1. The van der Waals surface area contributed by atoms with Gasteiger partial charge in [-0.2, -0.15) is 0 Å². The Labute approximate surface area is 155 Å². The second-order valence-electron chi connectivity index (χ2n) is 5.87. The molecule has 6 nitrogen and oxygen atoms in total. The Balaban J connectivity index is 1.93. The Morgan fingerprint density at radius 1 is 1.36 bits per heavy atom. The molecule has 8 heteroatoms. The first kappa shape index (κ1) is 17.9. The average molecular weight is 381 g/mol. The summed E-state index contributed by atoms with van der Waals surface area (Å²) in [5, 5.41) is 3.85. The van der Waals surface area contributed by atoms with Gasteiger partial charge in [-0.1, -0.05) is 23.2 Å². The number of rotatable bonds is 5. The summed E-state index contributed by atoms with van der Waals surface area (Å²) in [6, 6.07) is 3.27. The highest BCUT2D eigenvalue weighted by molar-refractivity contribution is 6.38. The minimum absolute atomic E-state index is 0.178. The lowest BCUT2D eigenvalue weighted by atomic mass is 10.0. The molecule has 0 aliphatic carbocycles. The van der Waals surface area contributed by atoms with Crippen LogP contribution in [0.3, 0.4) is 0 Å². The zero-order valence-corrected chi connectivity index (χ0v) is 15.0. The highest BCUT2D eigenvalue weighted by Crippen LogP contribution is 2.34. The van der Waals surface area contributed by atoms with E-state index in [-0.39, 0.29) is 10.6 Å². The van der Waals surface area contributed by atoms with Gasteiger partial charge in [0.1, 0.15) is 5.82 Å². The van der Waals surface area contributed by atoms with Gasteiger partial charge in [0.15, 0.2) is 0 Å². The molecule has 1 fully saturated rings. The summed E-state index contributed by atoms with van der Waals surface area (Å²) >= 11 is 12.5. The maximum absolute atomic E-state index is 11.8. The van der Waals surface area contributed by atoms with Crippen LogP contribution in [0, 0.1) is 5.92 Å². The fourth-order valence-corrected chi connectivity index (χ4v) is 3.25. The molecule has 0 spiro atoms. The van der Waals surface area contributed by atoms with Crippen molar-refractivity contribution >= 4 is 34.9 Å². The van der Waals surface area contributed by atoms with Crippen molar-refractivity contribution in [2.24, 2.45) is 11.7 Å². The number of pyridine rings is 2. The van der Waals surface area contributed by atoms with Crippen LogP contribution in [0.5, 0.6) is 0 Å². The maximum Gasteiger partial charge on any atom is 0.250 e. The molecule has 2 aromatic heterocycles. The molecule has 3 rings (SSSR count). The lowest BCUT2D eigenvalue weighted by Crippen LogP contribution is -2.23. The molecule has 0 aromatic carbocycles. The number of carbonyl (C=O) groups is 1. The highest BCUT2D eigenvalue weighted by atomic mass is 35.5. The van der Waals surface area contributed by atoms with Crippen LogP contribution in [0.2, 0.25) is 10.0 Å². The summed E-state index contributed by atoms with van der Waals surface area (Å²) in [4.78, 5) is 20.3. The number of nitrogens with two attached hydrogens (primary N) is 1. The third-order valence-electron chi connectivity index (χ3n) is 4.16. The van der Waals surface area contributed by atoms with Crippen LogP contribution in [0.15, 0.2) is 24.5 Å². The molecule has 2 aromatic rings. The van der Waals surface area contributed by atoms with Crippen molar-refractivity contribution in [2.45, 2.75) is 12.8 Å². The maximum atomic E-state index is 11.8. The molecule has 0 atom stereocenters. The molecule has 3 N–H and O–H groups in total. The van der Waals surface area contributed by atoms with Gasteiger partial charge in [0.25, 0.3) is 0 Å². The van der Waals surface area contributed by atoms with Crippen molar-refractivity contribution in [3.05, 3.63) is 40.1 Å². The molecule has 0 saturated carbocycles. The summed E-state index contributed by atoms with van der Waals surface area (Å²) in [5.41, 5.74) is 6.67. The summed E-state index contributed by atoms with van der Waals surface area (Å²) in [7, 11) is 0. The fraction of sp³-hybridized carbons (Fsp3) is 0.353. The lowest BCUT2D eigenvalue weighted by Gasteiger charge is -2.22. The first-order valence-electron chi connectivity index (χ1n) is 7.98. The largest absolute Gasteiger partial charge is 0.381 e. The zero-order chi connectivity index (χ0) is 17.8. The summed E-state index contributed by atoms with van der Waals surface area (Å²) < 4.78 is 5.37. The molecule has 0 unspecified atom stereocenters. The monoisotopic (exact) mass is 380 g/mol. The number of hydrogen-bond donors (Lipinski definition) is 2. The van der Waals surface area contributed by atoms with Crippen LogP contribution in [-0.4, -0.2) is 35.6 Å². The first-order valence-corrected chi connectivity index (χ1v) is 8.73. The van der Waals surface area contributed by atoms with E-state index >= 15 is 0 Å². The van der Waals surface area contributed by atoms with E-state index in [4.69, 9.17) is 33.7 Å². The number of nitrogens with zero attached hydrogens (tertiary/aromatic N) is 2. The number of nitrogens with one attached hydrogen (secondary N) is 1. The van der Waals surface area contributed by atoms with E-state index in [1.165, 1.54) is 6.20 Å². The smallest absolute Gasteiger partial charge is 0.250 e. The Kier molecular flexibility index (Phi) is 5.73. The normalized spacial score (nSPS) is 15.1. The quantitative estimate of drug-likeness (QED) is 0.829. The molecule has 132 valence electrons. The number of halogens is 2. The van der Waals surface area contributed by atoms with Gasteiger partial charge in [-0.3, -0.25) is 9.78 Å². The van der Waals surface area contributed by atoms with Gasteiger partial charge >= 0.3 is 0 Å². The van der Waals surface area contributed by atoms with Crippen LogP contribution in [0.1, 0.15) is 23.2 Å². The molecule has 1 aliphatic heterocycles. The minimum atomic E-state index is -0.618. The minimum Gasteiger partial charge on any atom is -0.381 e. The zero-order valence-electron chi connectivity index (χ0n) is 13.5. The molecule has 1 amide bonds. The molecule has 0 bridgehead atoms. The lowest BCUT2D eigenvalue weighted by molar-refractivity contribution is 0.0699. The van der Waals surface area contributed by atoms with Gasteiger partial charge in [-0.25, -0.2) is 4.98 Å². The van der Waals surface area contributed by atoms with Crippen molar-refractivity contribution in [2.75, 3.05) is 25.1 Å². The number of ether oxygens (including phenoxy) is 1. The Morgan fingerprint density at radius 3 is 2.80 bits per heavy atom. The molecule has 3 heterocycles. The Bertz CT molecular complexity index is 779. The highest BCUT2D eigenvalue weighted by Gasteiger charge is 2.19. The first-order chi connectivity index (χ1) is 12.1. The summed E-state index contributed by atoms with van der Waals surface area (Å²) in [5.74, 6) is 0.414. The van der Waals surface area contributed by atoms with Gasteiger partial charge in [0, 0.05) is 37.7 Å². The van der Waals surface area contributed by atoms with E-state index in [9.17, 15) is 4.79 Å². The van der Waals surface area contributed by atoms with E-state index in [0.717, 1.165) is 32.6 Å². The number of primary amides is 1. The molecule has 0 radical (unpaired) electrons. The van der Waals surface area contributed by atoms with Crippen LogP contribution < -0.4 is 11.1 Å². The van der Waals surface area contributed by atoms with Crippen LogP contribution in [-0.2, 0) is 4.74 Å². The molecule has 1 saturated heterocycles. The SMILES string of the molecule is NC(=O)c1cc(NCC2CCOCC2)nc(-c2ccncc2Cl)c1Cl. The topological polar surface area (TPSA) is 90.1 Å². The van der Waals surface area contributed by atoms with E-state index in [1.807, 2.05) is 0 Å². The predicted octanol–water partition coefficient (Wildman–Crippen LogP) is 3.39. The molecular weight excluding hydrogens is 363 g/mol. The number of aromatic nitrogens is 2. The van der Waals surface area contributed by atoms with Crippen LogP contribution in [0.4, 0.5) is 5.82 Å². The van der Waals surface area contributed by atoms with Crippen molar-refractivity contribution in [3.63, 3.8) is 0 Å². The number of amides is 1. The van der Waals surface area contributed by atoms with E-state index in [1.54, 1.807) is 18.3 Å². The van der Waals surface area contributed by atoms with Crippen molar-refractivity contribution < 1.29 is 9.53 Å². The van der Waals surface area contributed by atoms with Gasteiger partial charge in [0.2, 0.25) is 5.91 Å².